The average Bonchev–Trinajstić information content (AvgIpc) is 3.67. The summed E-state index contributed by atoms with van der Waals surface area (Å²) in [5.74, 6) is 0.334. The van der Waals surface area contributed by atoms with E-state index in [1.165, 1.54) is 17.0 Å². The molecular weight excluding hydrogens is 682 g/mol. The Morgan fingerprint density at radius 3 is 1.92 bits per heavy atom. The highest BCUT2D eigenvalue weighted by molar-refractivity contribution is 7.92. The molecule has 51 heavy (non-hydrogen) atoms. The average molecular weight is 722 g/mol. The van der Waals surface area contributed by atoms with Crippen LogP contribution in [0, 0.1) is 0 Å². The first-order valence-corrected chi connectivity index (χ1v) is 18.9. The van der Waals surface area contributed by atoms with Gasteiger partial charge in [0.05, 0.1) is 10.6 Å². The molecule has 0 saturated heterocycles. The third-order valence-electron chi connectivity index (χ3n) is 8.95. The fourth-order valence-electron chi connectivity index (χ4n) is 6.26. The highest BCUT2D eigenvalue weighted by atomic mass is 35.5. The molecule has 1 unspecified atom stereocenters. The number of benzene rings is 5. The molecule has 1 N–H and O–H groups in total. The van der Waals surface area contributed by atoms with Gasteiger partial charge in [-0.05, 0) is 84.6 Å². The van der Waals surface area contributed by atoms with Crippen molar-refractivity contribution in [3.05, 3.63) is 156 Å². The highest BCUT2D eigenvalue weighted by Crippen LogP contribution is 2.29. The van der Waals surface area contributed by atoms with Crippen LogP contribution in [0.1, 0.15) is 36.8 Å². The Balaban J connectivity index is 1.37. The first-order valence-electron chi connectivity index (χ1n) is 17.1. The predicted octanol–water partition coefficient (Wildman–Crippen LogP) is 8.03. The molecule has 0 bridgehead atoms. The number of nitrogens with zero attached hydrogens (tertiary/aromatic N) is 2. The van der Waals surface area contributed by atoms with Crippen LogP contribution in [-0.4, -0.2) is 43.8 Å². The molecule has 1 aliphatic rings. The van der Waals surface area contributed by atoms with Crippen molar-refractivity contribution >= 4 is 39.1 Å². The van der Waals surface area contributed by atoms with Crippen LogP contribution in [0.3, 0.4) is 0 Å². The van der Waals surface area contributed by atoms with E-state index in [0.29, 0.717) is 16.5 Å². The van der Waals surface area contributed by atoms with Gasteiger partial charge in [-0.15, -0.1) is 0 Å². The minimum absolute atomic E-state index is 0.0230. The van der Waals surface area contributed by atoms with Gasteiger partial charge in [0.15, 0.2) is 0 Å². The molecule has 0 heterocycles. The molecule has 5 aromatic carbocycles. The standard InChI is InChI=1S/C41H40ClN3O5S/c42-33-22-20-32(21-23-33)29-44(39(28-31-12-4-1-5-13-31)41(47)43-34-14-10-11-15-34)40(46)30-45(51(48,49)38-18-8-3-9-19-38)35-24-26-37(27-25-35)50-36-16-6-2-7-17-36/h1-9,12-13,16-27,34,39H,10-11,14-15,28-30H2,(H,43,47). The Bertz CT molecular complexity index is 1990. The van der Waals surface area contributed by atoms with Gasteiger partial charge in [-0.1, -0.05) is 103 Å². The second-order valence-corrected chi connectivity index (χ2v) is 14.9. The number of para-hydroxylation sites is 1. The number of halogens is 1. The number of rotatable bonds is 14. The smallest absolute Gasteiger partial charge is 0.264 e. The van der Waals surface area contributed by atoms with Crippen LogP contribution in [0.5, 0.6) is 11.5 Å². The molecule has 0 spiro atoms. The van der Waals surface area contributed by atoms with Gasteiger partial charge in [0.1, 0.15) is 24.1 Å². The summed E-state index contributed by atoms with van der Waals surface area (Å²) in [6.45, 7) is -0.486. The second-order valence-electron chi connectivity index (χ2n) is 12.6. The number of nitrogens with one attached hydrogen (secondary N) is 1. The van der Waals surface area contributed by atoms with Gasteiger partial charge in [-0.2, -0.15) is 0 Å². The van der Waals surface area contributed by atoms with Crippen LogP contribution in [0.15, 0.2) is 144 Å². The van der Waals surface area contributed by atoms with Crippen molar-refractivity contribution in [1.29, 1.82) is 0 Å². The number of hydrogen-bond donors (Lipinski definition) is 1. The van der Waals surface area contributed by atoms with E-state index in [4.69, 9.17) is 16.3 Å². The summed E-state index contributed by atoms with van der Waals surface area (Å²) >= 11 is 6.20. The molecule has 8 nitrogen and oxygen atoms in total. The molecule has 5 aromatic rings. The van der Waals surface area contributed by atoms with Gasteiger partial charge < -0.3 is 15.0 Å². The largest absolute Gasteiger partial charge is 0.457 e. The van der Waals surface area contributed by atoms with E-state index in [0.717, 1.165) is 41.1 Å². The van der Waals surface area contributed by atoms with E-state index in [9.17, 15) is 18.0 Å². The molecule has 0 aliphatic heterocycles. The normalized spacial score (nSPS) is 13.7. The Kier molecular flexibility index (Phi) is 11.7. The number of hydrogen-bond acceptors (Lipinski definition) is 5. The summed E-state index contributed by atoms with van der Waals surface area (Å²) in [4.78, 5) is 30.5. The van der Waals surface area contributed by atoms with Gasteiger partial charge in [0, 0.05) is 24.0 Å². The third kappa shape index (κ3) is 9.36. The zero-order valence-corrected chi connectivity index (χ0v) is 29.7. The monoisotopic (exact) mass is 721 g/mol. The van der Waals surface area contributed by atoms with E-state index in [1.807, 2.05) is 60.7 Å². The molecule has 6 rings (SSSR count). The summed E-state index contributed by atoms with van der Waals surface area (Å²) < 4.78 is 35.7. The van der Waals surface area contributed by atoms with Crippen molar-refractivity contribution in [3.8, 4) is 11.5 Å². The lowest BCUT2D eigenvalue weighted by Gasteiger charge is -2.34. The summed E-state index contributed by atoms with van der Waals surface area (Å²) in [5, 5.41) is 3.74. The minimum atomic E-state index is -4.23. The maximum absolute atomic E-state index is 14.7. The number of carbonyl (C=O) groups excluding carboxylic acids is 2. The molecule has 10 heteroatoms. The van der Waals surface area contributed by atoms with Crippen LogP contribution in [0.2, 0.25) is 5.02 Å². The molecule has 1 fully saturated rings. The third-order valence-corrected chi connectivity index (χ3v) is 11.0. The van der Waals surface area contributed by atoms with Crippen molar-refractivity contribution in [1.82, 2.24) is 10.2 Å². The predicted molar refractivity (Wildman–Crippen MR) is 200 cm³/mol. The molecule has 262 valence electrons. The van der Waals surface area contributed by atoms with Gasteiger partial charge in [-0.25, -0.2) is 8.42 Å². The first kappa shape index (κ1) is 35.7. The minimum Gasteiger partial charge on any atom is -0.457 e. The molecule has 0 aromatic heterocycles. The summed E-state index contributed by atoms with van der Waals surface area (Å²) in [6, 6.07) is 39.5. The SMILES string of the molecule is O=C(NC1CCCC1)C(Cc1ccccc1)N(Cc1ccc(Cl)cc1)C(=O)CN(c1ccc(Oc2ccccc2)cc1)S(=O)(=O)c1ccccc1. The maximum Gasteiger partial charge on any atom is 0.264 e. The van der Waals surface area contributed by atoms with Crippen LogP contribution < -0.4 is 14.4 Å². The first-order chi connectivity index (χ1) is 24.8. The number of carbonyl (C=O) groups is 2. The molecule has 1 atom stereocenters. The summed E-state index contributed by atoms with van der Waals surface area (Å²) in [6.07, 6.45) is 4.06. The number of sulfonamides is 1. The van der Waals surface area contributed by atoms with Crippen LogP contribution in [-0.2, 0) is 32.6 Å². The van der Waals surface area contributed by atoms with Crippen molar-refractivity contribution in [3.63, 3.8) is 0 Å². The second kappa shape index (κ2) is 16.7. The zero-order chi connectivity index (χ0) is 35.6. The van der Waals surface area contributed by atoms with Crippen LogP contribution in [0.25, 0.3) is 0 Å². The van der Waals surface area contributed by atoms with Crippen LogP contribution >= 0.6 is 11.6 Å². The van der Waals surface area contributed by atoms with Crippen LogP contribution in [0.4, 0.5) is 5.69 Å². The van der Waals surface area contributed by atoms with Crippen molar-refractivity contribution < 1.29 is 22.7 Å². The lowest BCUT2D eigenvalue weighted by Crippen LogP contribution is -2.54. The summed E-state index contributed by atoms with van der Waals surface area (Å²) in [7, 11) is -4.23. The van der Waals surface area contributed by atoms with Gasteiger partial charge in [0.25, 0.3) is 10.0 Å². The number of anilines is 1. The molecule has 0 radical (unpaired) electrons. The van der Waals surface area contributed by atoms with Crippen molar-refractivity contribution in [2.45, 2.75) is 55.6 Å². The fourth-order valence-corrected chi connectivity index (χ4v) is 7.82. The van der Waals surface area contributed by atoms with E-state index in [1.54, 1.807) is 66.7 Å². The van der Waals surface area contributed by atoms with E-state index >= 15 is 0 Å². The van der Waals surface area contributed by atoms with Crippen molar-refractivity contribution in [2.24, 2.45) is 0 Å². The summed E-state index contributed by atoms with van der Waals surface area (Å²) in [5.41, 5.74) is 1.90. The fraction of sp³-hybridized carbons (Fsp3) is 0.220. The van der Waals surface area contributed by atoms with Crippen molar-refractivity contribution in [2.75, 3.05) is 10.8 Å². The lowest BCUT2D eigenvalue weighted by atomic mass is 10.0. The molecular formula is C41H40ClN3O5S. The van der Waals surface area contributed by atoms with E-state index in [2.05, 4.69) is 5.32 Å². The van der Waals surface area contributed by atoms with Gasteiger partial charge in [0.2, 0.25) is 11.8 Å². The number of amides is 2. The molecule has 1 aliphatic carbocycles. The Morgan fingerprint density at radius 2 is 1.29 bits per heavy atom. The van der Waals surface area contributed by atoms with Gasteiger partial charge in [-0.3, -0.25) is 13.9 Å². The number of ether oxygens (including phenoxy) is 1. The zero-order valence-electron chi connectivity index (χ0n) is 28.1. The Hall–Kier alpha value is -5.12. The Morgan fingerprint density at radius 1 is 0.725 bits per heavy atom. The van der Waals surface area contributed by atoms with E-state index in [-0.39, 0.29) is 35.5 Å². The lowest BCUT2D eigenvalue weighted by molar-refractivity contribution is -0.140. The van der Waals surface area contributed by atoms with E-state index < -0.39 is 28.5 Å². The maximum atomic E-state index is 14.7. The molecule has 2 amide bonds. The quantitative estimate of drug-likeness (QED) is 0.125. The topological polar surface area (TPSA) is 96.0 Å². The highest BCUT2D eigenvalue weighted by Gasteiger charge is 2.35. The molecule has 1 saturated carbocycles. The van der Waals surface area contributed by atoms with Gasteiger partial charge >= 0.3 is 0 Å². The Labute approximate surface area is 304 Å².